The monoisotopic (exact) mass is 305 g/mol. The van der Waals surface area contributed by atoms with Gasteiger partial charge in [0.15, 0.2) is 0 Å². The number of oxime groups is 1. The van der Waals surface area contributed by atoms with Crippen LogP contribution >= 0.6 is 0 Å². The average molecular weight is 305 g/mol. The predicted octanol–water partition coefficient (Wildman–Crippen LogP) is 5.04. The van der Waals surface area contributed by atoms with Gasteiger partial charge in [0.25, 0.3) is 0 Å². The summed E-state index contributed by atoms with van der Waals surface area (Å²) >= 11 is 0. The highest BCUT2D eigenvalue weighted by Gasteiger charge is 2.21. The average Bonchev–Trinajstić information content (AvgIpc) is 2.88. The number of aromatic nitrogens is 2. The number of rotatable bonds is 2. The molecule has 1 saturated carbocycles. The zero-order chi connectivity index (χ0) is 15.8. The summed E-state index contributed by atoms with van der Waals surface area (Å²) in [6, 6.07) is 0.181. The van der Waals surface area contributed by atoms with Gasteiger partial charge in [0, 0.05) is 12.6 Å². The number of hydrogen-bond acceptors (Lipinski definition) is 3. The molecule has 1 atom stereocenters. The molecule has 124 valence electrons. The first-order valence-electron chi connectivity index (χ1n) is 9.01. The second kappa shape index (κ2) is 8.96. The molecule has 0 aliphatic heterocycles. The van der Waals surface area contributed by atoms with Crippen molar-refractivity contribution in [2.24, 2.45) is 5.16 Å². The summed E-state index contributed by atoms with van der Waals surface area (Å²) < 4.78 is 2.26. The van der Waals surface area contributed by atoms with Crippen molar-refractivity contribution in [2.75, 3.05) is 0 Å². The van der Waals surface area contributed by atoms with Crippen LogP contribution in [0, 0.1) is 6.92 Å². The van der Waals surface area contributed by atoms with Crippen molar-refractivity contribution in [3.63, 3.8) is 0 Å². The van der Waals surface area contributed by atoms with Gasteiger partial charge in [-0.3, -0.25) is 0 Å². The second-order valence-corrected chi connectivity index (χ2v) is 6.53. The maximum atomic E-state index is 9.55. The van der Waals surface area contributed by atoms with Gasteiger partial charge in [-0.05, 0) is 26.2 Å². The van der Waals surface area contributed by atoms with E-state index in [1.165, 1.54) is 44.9 Å². The van der Waals surface area contributed by atoms with Gasteiger partial charge in [-0.2, -0.15) is 0 Å². The maximum absolute atomic E-state index is 9.55. The van der Waals surface area contributed by atoms with Crippen molar-refractivity contribution >= 4 is 5.71 Å². The van der Waals surface area contributed by atoms with E-state index in [9.17, 15) is 5.21 Å². The quantitative estimate of drug-likeness (QED) is 0.614. The normalized spacial score (nSPS) is 23.9. The van der Waals surface area contributed by atoms with Crippen molar-refractivity contribution in [3.8, 4) is 0 Å². The Labute approximate surface area is 134 Å². The van der Waals surface area contributed by atoms with Gasteiger partial charge in [0.2, 0.25) is 0 Å². The minimum atomic E-state index is 0.181. The van der Waals surface area contributed by atoms with Gasteiger partial charge >= 0.3 is 0 Å². The first kappa shape index (κ1) is 17.0. The number of nitrogens with zero attached hydrogens (tertiary/aromatic N) is 3. The summed E-state index contributed by atoms with van der Waals surface area (Å²) in [6.07, 6.45) is 15.2. The molecule has 0 saturated heterocycles. The van der Waals surface area contributed by atoms with E-state index >= 15 is 0 Å². The van der Waals surface area contributed by atoms with E-state index in [-0.39, 0.29) is 6.04 Å². The van der Waals surface area contributed by atoms with Crippen LogP contribution in [0.1, 0.15) is 88.7 Å². The molecule has 0 radical (unpaired) electrons. The van der Waals surface area contributed by atoms with E-state index in [1.54, 1.807) is 0 Å². The predicted molar refractivity (Wildman–Crippen MR) is 90.8 cm³/mol. The lowest BCUT2D eigenvalue weighted by molar-refractivity contribution is 0.310. The van der Waals surface area contributed by atoms with E-state index in [1.807, 2.05) is 6.92 Å². The Morgan fingerprint density at radius 1 is 1.14 bits per heavy atom. The van der Waals surface area contributed by atoms with Crippen LogP contribution in [0.5, 0.6) is 0 Å². The lowest BCUT2D eigenvalue weighted by Crippen LogP contribution is -2.21. The second-order valence-electron chi connectivity index (χ2n) is 6.53. The van der Waals surface area contributed by atoms with Crippen LogP contribution in [0.2, 0.25) is 0 Å². The molecule has 1 aromatic rings. The number of aryl methyl sites for hydroxylation is 2. The smallest absolute Gasteiger partial charge is 0.109 e. The summed E-state index contributed by atoms with van der Waals surface area (Å²) in [5.41, 5.74) is 1.99. The molecule has 0 amide bonds. The summed E-state index contributed by atoms with van der Waals surface area (Å²) in [4.78, 5) is 4.63. The van der Waals surface area contributed by atoms with Crippen LogP contribution in [0.25, 0.3) is 0 Å². The molecule has 1 aliphatic rings. The Morgan fingerprint density at radius 2 is 1.77 bits per heavy atom. The van der Waals surface area contributed by atoms with Gasteiger partial charge in [0.05, 0.1) is 17.4 Å². The van der Waals surface area contributed by atoms with Crippen LogP contribution in [0.4, 0.5) is 0 Å². The van der Waals surface area contributed by atoms with Crippen molar-refractivity contribution in [3.05, 3.63) is 17.7 Å². The molecule has 1 unspecified atom stereocenters. The molecule has 22 heavy (non-hydrogen) atoms. The molecular formula is C18H31N3O. The Morgan fingerprint density at radius 3 is 2.41 bits per heavy atom. The van der Waals surface area contributed by atoms with Gasteiger partial charge < -0.3 is 9.77 Å². The lowest BCUT2D eigenvalue weighted by atomic mass is 9.96. The first-order valence-corrected chi connectivity index (χ1v) is 9.01. The Kier molecular flexibility index (Phi) is 6.94. The van der Waals surface area contributed by atoms with E-state index in [2.05, 4.69) is 27.8 Å². The largest absolute Gasteiger partial charge is 0.411 e. The lowest BCUT2D eigenvalue weighted by Gasteiger charge is -2.22. The topological polar surface area (TPSA) is 50.4 Å². The third kappa shape index (κ3) is 4.59. The molecule has 0 bridgehead atoms. The van der Waals surface area contributed by atoms with Gasteiger partial charge in [-0.1, -0.05) is 57.0 Å². The van der Waals surface area contributed by atoms with Gasteiger partial charge in [0.1, 0.15) is 5.82 Å². The third-order valence-corrected chi connectivity index (χ3v) is 4.75. The highest BCUT2D eigenvalue weighted by atomic mass is 16.4. The maximum Gasteiger partial charge on any atom is 0.109 e. The molecule has 1 heterocycles. The molecule has 1 fully saturated rings. The minimum absolute atomic E-state index is 0.181. The van der Waals surface area contributed by atoms with E-state index in [0.717, 1.165) is 42.9 Å². The molecule has 1 aromatic heterocycles. The summed E-state index contributed by atoms with van der Waals surface area (Å²) in [6.45, 7) is 4.18. The standard InChI is InChI=1S/C18H31N3O/c1-3-18-19-15(2)14-21(18)17-13-11-9-7-5-4-6-8-10-12-16(17)20-22/h14,17,22H,3-13H2,1-2H3/b20-16-. The van der Waals surface area contributed by atoms with Gasteiger partial charge in [-0.15, -0.1) is 0 Å². The van der Waals surface area contributed by atoms with Crippen molar-refractivity contribution < 1.29 is 5.21 Å². The highest BCUT2D eigenvalue weighted by Crippen LogP contribution is 2.25. The molecule has 0 spiro atoms. The fourth-order valence-electron chi connectivity index (χ4n) is 3.55. The molecule has 1 N–H and O–H groups in total. The zero-order valence-corrected chi connectivity index (χ0v) is 14.2. The Bertz CT molecular complexity index is 479. The molecule has 4 nitrogen and oxygen atoms in total. The first-order chi connectivity index (χ1) is 10.8. The van der Waals surface area contributed by atoms with E-state index in [4.69, 9.17) is 0 Å². The number of hydrogen-bond donors (Lipinski definition) is 1. The molecule has 4 heteroatoms. The molecular weight excluding hydrogens is 274 g/mol. The summed E-state index contributed by atoms with van der Waals surface area (Å²) in [7, 11) is 0. The molecule has 1 aliphatic carbocycles. The van der Waals surface area contributed by atoms with Crippen molar-refractivity contribution in [1.29, 1.82) is 0 Å². The van der Waals surface area contributed by atoms with E-state index in [0.29, 0.717) is 0 Å². The van der Waals surface area contributed by atoms with Gasteiger partial charge in [-0.25, -0.2) is 4.98 Å². The zero-order valence-electron chi connectivity index (χ0n) is 14.2. The summed E-state index contributed by atoms with van der Waals surface area (Å²) in [5.74, 6) is 1.11. The van der Waals surface area contributed by atoms with Crippen LogP contribution < -0.4 is 0 Å². The van der Waals surface area contributed by atoms with Crippen LogP contribution in [-0.2, 0) is 6.42 Å². The Hall–Kier alpha value is -1.32. The fraction of sp³-hybridized carbons (Fsp3) is 0.778. The van der Waals surface area contributed by atoms with Crippen molar-refractivity contribution in [2.45, 2.75) is 90.5 Å². The number of imidazole rings is 1. The van der Waals surface area contributed by atoms with Crippen LogP contribution in [0.15, 0.2) is 11.4 Å². The SMILES string of the molecule is CCc1nc(C)cn1C1CCCCCCCCCC/C1=N/O. The Balaban J connectivity index is 2.20. The van der Waals surface area contributed by atoms with Crippen LogP contribution in [-0.4, -0.2) is 20.5 Å². The summed E-state index contributed by atoms with van der Waals surface area (Å²) in [5, 5.41) is 13.2. The third-order valence-electron chi connectivity index (χ3n) is 4.75. The van der Waals surface area contributed by atoms with Crippen LogP contribution in [0.3, 0.4) is 0 Å². The van der Waals surface area contributed by atoms with E-state index < -0.39 is 0 Å². The molecule has 2 rings (SSSR count). The minimum Gasteiger partial charge on any atom is -0.411 e. The fourth-order valence-corrected chi connectivity index (χ4v) is 3.55. The van der Waals surface area contributed by atoms with Crippen molar-refractivity contribution in [1.82, 2.24) is 9.55 Å². The molecule has 0 aromatic carbocycles. The highest BCUT2D eigenvalue weighted by molar-refractivity contribution is 5.87.